The van der Waals surface area contributed by atoms with Crippen LogP contribution in [0.4, 0.5) is 5.69 Å². The Morgan fingerprint density at radius 1 is 1.59 bits per heavy atom. The molecular weight excluding hydrogens is 300 g/mol. The van der Waals surface area contributed by atoms with Crippen molar-refractivity contribution < 1.29 is 0 Å². The smallest absolute Gasteiger partial charge is 0.0487 e. The highest BCUT2D eigenvalue weighted by atomic mass is 79.9. The van der Waals surface area contributed by atoms with E-state index < -0.39 is 0 Å². The minimum Gasteiger partial charge on any atom is -0.382 e. The first-order valence-corrected chi connectivity index (χ1v) is 7.27. The van der Waals surface area contributed by atoms with E-state index in [0.29, 0.717) is 12.1 Å². The first-order chi connectivity index (χ1) is 8.15. The van der Waals surface area contributed by atoms with Crippen LogP contribution in [-0.2, 0) is 0 Å². The highest BCUT2D eigenvalue weighted by Crippen LogP contribution is 2.27. The largest absolute Gasteiger partial charge is 0.382 e. The molecule has 2 unspecified atom stereocenters. The number of benzene rings is 1. The van der Waals surface area contributed by atoms with Gasteiger partial charge in [0.15, 0.2) is 0 Å². The maximum atomic E-state index is 5.92. The van der Waals surface area contributed by atoms with E-state index in [4.69, 9.17) is 11.6 Å². The van der Waals surface area contributed by atoms with E-state index in [9.17, 15) is 0 Å². The minimum atomic E-state index is 0.461. The Morgan fingerprint density at radius 2 is 2.41 bits per heavy atom. The molecule has 94 valence electrons. The first-order valence-electron chi connectivity index (χ1n) is 6.10. The SMILES string of the molecule is CC(CC1CCCN1)Nc1ccc(Cl)cc1Br. The van der Waals surface area contributed by atoms with Crippen LogP contribution in [0.25, 0.3) is 0 Å². The average molecular weight is 318 g/mol. The van der Waals surface area contributed by atoms with Crippen molar-refractivity contribution in [1.82, 2.24) is 5.32 Å². The predicted octanol–water partition coefficient (Wildman–Crippen LogP) is 4.05. The zero-order valence-corrected chi connectivity index (χ0v) is 12.3. The number of anilines is 1. The van der Waals surface area contributed by atoms with E-state index in [1.165, 1.54) is 19.4 Å². The van der Waals surface area contributed by atoms with E-state index in [1.54, 1.807) is 0 Å². The summed E-state index contributed by atoms with van der Waals surface area (Å²) in [5, 5.41) is 7.80. The highest BCUT2D eigenvalue weighted by molar-refractivity contribution is 9.10. The van der Waals surface area contributed by atoms with Crippen LogP contribution in [-0.4, -0.2) is 18.6 Å². The molecule has 1 fully saturated rings. The maximum absolute atomic E-state index is 5.92. The molecule has 0 aliphatic carbocycles. The molecule has 1 heterocycles. The van der Waals surface area contributed by atoms with Crippen molar-refractivity contribution in [3.63, 3.8) is 0 Å². The molecule has 1 aromatic carbocycles. The molecule has 2 nitrogen and oxygen atoms in total. The van der Waals surface area contributed by atoms with E-state index in [-0.39, 0.29) is 0 Å². The fourth-order valence-electron chi connectivity index (χ4n) is 2.32. The quantitative estimate of drug-likeness (QED) is 0.875. The number of halogens is 2. The molecule has 0 amide bonds. The minimum absolute atomic E-state index is 0.461. The summed E-state index contributed by atoms with van der Waals surface area (Å²) in [6, 6.07) is 6.98. The summed E-state index contributed by atoms with van der Waals surface area (Å²) in [4.78, 5) is 0. The molecular formula is C13H18BrClN2. The van der Waals surface area contributed by atoms with Gasteiger partial charge in [0, 0.05) is 27.3 Å². The normalized spacial score (nSPS) is 21.5. The third-order valence-corrected chi connectivity index (χ3v) is 4.02. The monoisotopic (exact) mass is 316 g/mol. The number of nitrogens with one attached hydrogen (secondary N) is 2. The summed E-state index contributed by atoms with van der Waals surface area (Å²) in [6.45, 7) is 3.39. The summed E-state index contributed by atoms with van der Waals surface area (Å²) in [5.74, 6) is 0. The Morgan fingerprint density at radius 3 is 3.06 bits per heavy atom. The van der Waals surface area contributed by atoms with Crippen molar-refractivity contribution in [2.45, 2.75) is 38.3 Å². The zero-order valence-electron chi connectivity index (χ0n) is 9.97. The summed E-state index contributed by atoms with van der Waals surface area (Å²) in [6.07, 6.45) is 3.77. The van der Waals surface area contributed by atoms with Gasteiger partial charge in [-0.15, -0.1) is 0 Å². The standard InChI is InChI=1S/C13H18BrClN2/c1-9(7-11-3-2-6-16-11)17-13-5-4-10(15)8-12(13)14/h4-5,8-9,11,16-17H,2-3,6-7H2,1H3. The molecule has 1 aliphatic heterocycles. The Labute approximate surface area is 116 Å². The van der Waals surface area contributed by atoms with Gasteiger partial charge in [-0.05, 0) is 66.9 Å². The lowest BCUT2D eigenvalue weighted by Gasteiger charge is -2.20. The van der Waals surface area contributed by atoms with Gasteiger partial charge < -0.3 is 10.6 Å². The fourth-order valence-corrected chi connectivity index (χ4v) is 3.11. The summed E-state index contributed by atoms with van der Waals surface area (Å²) < 4.78 is 1.02. The lowest BCUT2D eigenvalue weighted by atomic mass is 10.1. The van der Waals surface area contributed by atoms with Gasteiger partial charge in [0.2, 0.25) is 0 Å². The molecule has 17 heavy (non-hydrogen) atoms. The van der Waals surface area contributed by atoms with Gasteiger partial charge in [0.1, 0.15) is 0 Å². The van der Waals surface area contributed by atoms with Crippen molar-refractivity contribution in [3.8, 4) is 0 Å². The van der Waals surface area contributed by atoms with E-state index in [2.05, 4.69) is 33.5 Å². The Hall–Kier alpha value is -0.250. The van der Waals surface area contributed by atoms with Crippen LogP contribution in [0.15, 0.2) is 22.7 Å². The second kappa shape index (κ2) is 6.07. The fraction of sp³-hybridized carbons (Fsp3) is 0.538. The number of hydrogen-bond donors (Lipinski definition) is 2. The Kier molecular flexibility index (Phi) is 4.71. The van der Waals surface area contributed by atoms with Gasteiger partial charge >= 0.3 is 0 Å². The zero-order chi connectivity index (χ0) is 12.3. The van der Waals surface area contributed by atoms with Gasteiger partial charge in [0.05, 0.1) is 0 Å². The molecule has 1 saturated heterocycles. The summed E-state index contributed by atoms with van der Waals surface area (Å²) in [7, 11) is 0. The van der Waals surface area contributed by atoms with Crippen LogP contribution in [0.2, 0.25) is 5.02 Å². The van der Waals surface area contributed by atoms with Crippen molar-refractivity contribution in [3.05, 3.63) is 27.7 Å². The van der Waals surface area contributed by atoms with Crippen LogP contribution in [0.5, 0.6) is 0 Å². The molecule has 0 saturated carbocycles. The molecule has 0 bridgehead atoms. The third-order valence-electron chi connectivity index (χ3n) is 3.13. The van der Waals surface area contributed by atoms with E-state index in [1.807, 2.05) is 18.2 Å². The van der Waals surface area contributed by atoms with Crippen LogP contribution in [0.3, 0.4) is 0 Å². The molecule has 4 heteroatoms. The number of rotatable bonds is 4. The van der Waals surface area contributed by atoms with Gasteiger partial charge in [-0.3, -0.25) is 0 Å². The molecule has 0 aromatic heterocycles. The van der Waals surface area contributed by atoms with Crippen molar-refractivity contribution in [2.75, 3.05) is 11.9 Å². The second-order valence-corrected chi connectivity index (χ2v) is 5.99. The van der Waals surface area contributed by atoms with Crippen molar-refractivity contribution in [1.29, 1.82) is 0 Å². The van der Waals surface area contributed by atoms with Crippen LogP contribution >= 0.6 is 27.5 Å². The van der Waals surface area contributed by atoms with Crippen LogP contribution in [0, 0.1) is 0 Å². The van der Waals surface area contributed by atoms with Gasteiger partial charge in [-0.25, -0.2) is 0 Å². The van der Waals surface area contributed by atoms with Crippen molar-refractivity contribution in [2.24, 2.45) is 0 Å². The average Bonchev–Trinajstić information content (AvgIpc) is 2.75. The summed E-state index contributed by atoms with van der Waals surface area (Å²) >= 11 is 9.45. The van der Waals surface area contributed by atoms with Gasteiger partial charge in [-0.2, -0.15) is 0 Å². The maximum Gasteiger partial charge on any atom is 0.0487 e. The molecule has 0 radical (unpaired) electrons. The van der Waals surface area contributed by atoms with E-state index >= 15 is 0 Å². The molecule has 2 N–H and O–H groups in total. The third kappa shape index (κ3) is 3.87. The van der Waals surface area contributed by atoms with Crippen LogP contribution in [0.1, 0.15) is 26.2 Å². The molecule has 2 atom stereocenters. The van der Waals surface area contributed by atoms with Gasteiger partial charge in [-0.1, -0.05) is 11.6 Å². The number of hydrogen-bond acceptors (Lipinski definition) is 2. The Balaban J connectivity index is 1.90. The molecule has 2 rings (SSSR count). The molecule has 0 spiro atoms. The molecule has 1 aliphatic rings. The highest BCUT2D eigenvalue weighted by Gasteiger charge is 2.17. The van der Waals surface area contributed by atoms with E-state index in [0.717, 1.165) is 21.6 Å². The predicted molar refractivity (Wildman–Crippen MR) is 77.9 cm³/mol. The van der Waals surface area contributed by atoms with Crippen LogP contribution < -0.4 is 10.6 Å². The molecule has 1 aromatic rings. The van der Waals surface area contributed by atoms with Gasteiger partial charge in [0.25, 0.3) is 0 Å². The van der Waals surface area contributed by atoms with Crippen molar-refractivity contribution >= 4 is 33.2 Å². The summed E-state index contributed by atoms with van der Waals surface area (Å²) in [5.41, 5.74) is 1.11. The second-order valence-electron chi connectivity index (χ2n) is 4.70. The Bertz CT molecular complexity index is 378. The lowest BCUT2D eigenvalue weighted by molar-refractivity contribution is 0.523. The topological polar surface area (TPSA) is 24.1 Å². The lowest BCUT2D eigenvalue weighted by Crippen LogP contribution is -2.29. The first kappa shape index (κ1) is 13.2.